The van der Waals surface area contributed by atoms with E-state index < -0.39 is 41.8 Å². The summed E-state index contributed by atoms with van der Waals surface area (Å²) in [6.07, 6.45) is -5.00. The molecule has 0 bridgehead atoms. The minimum atomic E-state index is -5.08. The molecule has 1 aromatic carbocycles. The first-order valence-electron chi connectivity index (χ1n) is 8.36. The van der Waals surface area contributed by atoms with Crippen LogP contribution in [0.3, 0.4) is 0 Å². The third-order valence-corrected chi connectivity index (χ3v) is 3.86. The van der Waals surface area contributed by atoms with Crippen LogP contribution >= 0.6 is 0 Å². The number of methoxy groups -OCH3 is 1. The van der Waals surface area contributed by atoms with Crippen LogP contribution in [0.5, 0.6) is 5.75 Å². The summed E-state index contributed by atoms with van der Waals surface area (Å²) in [5.41, 5.74) is 0.345. The maximum absolute atomic E-state index is 12.8. The van der Waals surface area contributed by atoms with Crippen LogP contribution in [-0.2, 0) is 14.4 Å². The molecule has 0 spiro atoms. The summed E-state index contributed by atoms with van der Waals surface area (Å²) in [7, 11) is 1.45. The van der Waals surface area contributed by atoms with E-state index in [9.17, 15) is 27.6 Å². The molecule has 1 aromatic rings. The fraction of sp³-hybridized carbons (Fsp3) is 0.500. The van der Waals surface area contributed by atoms with E-state index in [1.54, 1.807) is 19.1 Å². The Morgan fingerprint density at radius 1 is 1.07 bits per heavy atom. The van der Waals surface area contributed by atoms with Crippen molar-refractivity contribution in [3.63, 3.8) is 0 Å². The van der Waals surface area contributed by atoms with Crippen molar-refractivity contribution in [2.75, 3.05) is 7.11 Å². The van der Waals surface area contributed by atoms with Crippen LogP contribution in [0.2, 0.25) is 0 Å². The summed E-state index contributed by atoms with van der Waals surface area (Å²) in [6.45, 7) is 4.35. The van der Waals surface area contributed by atoms with Crippen LogP contribution < -0.4 is 15.4 Å². The van der Waals surface area contributed by atoms with E-state index in [1.807, 2.05) is 0 Å². The number of Topliss-reactive ketones (excluding diaryl/α,β-unsaturated/α-hetero) is 1. The number of ketones is 1. The second-order valence-electron chi connectivity index (χ2n) is 6.22. The minimum absolute atomic E-state index is 0.0784. The Morgan fingerprint density at radius 3 is 2.04 bits per heavy atom. The molecule has 6 nitrogen and oxygen atoms in total. The van der Waals surface area contributed by atoms with Crippen molar-refractivity contribution < 1.29 is 32.3 Å². The van der Waals surface area contributed by atoms with Gasteiger partial charge in [0.25, 0.3) is 5.78 Å². The predicted octanol–water partition coefficient (Wildman–Crippen LogP) is 2.53. The van der Waals surface area contributed by atoms with Crippen molar-refractivity contribution >= 4 is 17.6 Å². The Kier molecular flexibility index (Phi) is 7.81. The monoisotopic (exact) mass is 388 g/mol. The molecular weight excluding hydrogens is 365 g/mol. The first kappa shape index (κ1) is 22.5. The van der Waals surface area contributed by atoms with Crippen LogP contribution in [0.4, 0.5) is 13.2 Å². The molecule has 9 heteroatoms. The second-order valence-corrected chi connectivity index (χ2v) is 6.22. The van der Waals surface area contributed by atoms with Gasteiger partial charge in [-0.15, -0.1) is 0 Å². The molecule has 2 N–H and O–H groups in total. The number of amides is 2. The average molecular weight is 388 g/mol. The lowest BCUT2D eigenvalue weighted by Crippen LogP contribution is -2.52. The van der Waals surface area contributed by atoms with Gasteiger partial charge in [0.15, 0.2) is 0 Å². The van der Waals surface area contributed by atoms with Gasteiger partial charge in [0, 0.05) is 6.42 Å². The smallest absolute Gasteiger partial charge is 0.452 e. The molecular formula is C18H23F3N2O4. The lowest BCUT2D eigenvalue weighted by atomic mass is 9.98. The van der Waals surface area contributed by atoms with Gasteiger partial charge in [-0.3, -0.25) is 14.4 Å². The summed E-state index contributed by atoms with van der Waals surface area (Å²) < 4.78 is 43.4. The molecule has 1 rings (SSSR count). The number of hydrogen-bond donors (Lipinski definition) is 2. The SMILES string of the molecule is CCC(=O)N[C@H](C(=O)N[C@H](C(=O)C(F)(F)F)C(C)C)c1ccc(OC)cc1. The van der Waals surface area contributed by atoms with Crippen LogP contribution in [0.15, 0.2) is 24.3 Å². The molecule has 0 aromatic heterocycles. The second kappa shape index (κ2) is 9.38. The molecule has 27 heavy (non-hydrogen) atoms. The number of benzene rings is 1. The molecule has 2 amide bonds. The number of carbonyl (C=O) groups is 3. The maximum atomic E-state index is 12.8. The van der Waals surface area contributed by atoms with E-state index in [1.165, 1.54) is 33.1 Å². The third kappa shape index (κ3) is 6.26. The predicted molar refractivity (Wildman–Crippen MR) is 92.0 cm³/mol. The molecule has 0 unspecified atom stereocenters. The zero-order chi connectivity index (χ0) is 20.8. The fourth-order valence-corrected chi connectivity index (χ4v) is 2.31. The largest absolute Gasteiger partial charge is 0.497 e. The van der Waals surface area contributed by atoms with E-state index in [4.69, 9.17) is 4.74 Å². The Balaban J connectivity index is 3.13. The van der Waals surface area contributed by atoms with Gasteiger partial charge in [-0.05, 0) is 23.6 Å². The standard InChI is InChI=1S/C18H23F3N2O4/c1-5-13(24)22-15(11-6-8-12(27-4)9-7-11)17(26)23-14(10(2)3)16(25)18(19,20)21/h6-10,14-15H,5H2,1-4H3,(H,22,24)(H,23,26)/t14-,15-/m0/s1. The fourth-order valence-electron chi connectivity index (χ4n) is 2.31. The van der Waals surface area contributed by atoms with Crippen LogP contribution in [0.1, 0.15) is 38.8 Å². The van der Waals surface area contributed by atoms with Crippen molar-refractivity contribution in [3.8, 4) is 5.75 Å². The summed E-state index contributed by atoms with van der Waals surface area (Å²) >= 11 is 0. The van der Waals surface area contributed by atoms with E-state index >= 15 is 0 Å². The van der Waals surface area contributed by atoms with Crippen LogP contribution in [-0.4, -0.2) is 36.9 Å². The van der Waals surface area contributed by atoms with Crippen molar-refractivity contribution in [3.05, 3.63) is 29.8 Å². The molecule has 0 saturated heterocycles. The minimum Gasteiger partial charge on any atom is -0.497 e. The summed E-state index contributed by atoms with van der Waals surface area (Å²) in [6, 6.07) is 3.12. The zero-order valence-corrected chi connectivity index (χ0v) is 15.5. The molecule has 2 atom stereocenters. The Labute approximate surface area is 155 Å². The molecule has 0 radical (unpaired) electrons. The van der Waals surface area contributed by atoms with Crippen molar-refractivity contribution in [1.82, 2.24) is 10.6 Å². The summed E-state index contributed by atoms with van der Waals surface area (Å²) in [5, 5.41) is 4.58. The van der Waals surface area contributed by atoms with Crippen LogP contribution in [0, 0.1) is 5.92 Å². The lowest BCUT2D eigenvalue weighted by molar-refractivity contribution is -0.175. The van der Waals surface area contributed by atoms with Gasteiger partial charge in [0.1, 0.15) is 11.8 Å². The average Bonchev–Trinajstić information content (AvgIpc) is 2.62. The third-order valence-electron chi connectivity index (χ3n) is 3.86. The molecule has 150 valence electrons. The number of ether oxygens (including phenoxy) is 1. The van der Waals surface area contributed by atoms with Crippen LogP contribution in [0.25, 0.3) is 0 Å². The number of halogens is 3. The number of alkyl halides is 3. The molecule has 0 aliphatic rings. The maximum Gasteiger partial charge on any atom is 0.452 e. The molecule has 0 aliphatic heterocycles. The van der Waals surface area contributed by atoms with Gasteiger partial charge < -0.3 is 15.4 Å². The molecule has 0 heterocycles. The van der Waals surface area contributed by atoms with Gasteiger partial charge in [-0.2, -0.15) is 13.2 Å². The number of rotatable bonds is 8. The molecule has 0 fully saturated rings. The highest BCUT2D eigenvalue weighted by molar-refractivity contribution is 5.95. The molecule has 0 saturated carbocycles. The van der Waals surface area contributed by atoms with Crippen molar-refractivity contribution in [2.24, 2.45) is 5.92 Å². The lowest BCUT2D eigenvalue weighted by Gasteiger charge is -2.26. The summed E-state index contributed by atoms with van der Waals surface area (Å²) in [5.74, 6) is -3.69. The Bertz CT molecular complexity index is 672. The topological polar surface area (TPSA) is 84.5 Å². The Morgan fingerprint density at radius 2 is 1.63 bits per heavy atom. The Hall–Kier alpha value is -2.58. The van der Waals surface area contributed by atoms with Gasteiger partial charge >= 0.3 is 6.18 Å². The number of nitrogens with one attached hydrogen (secondary N) is 2. The van der Waals surface area contributed by atoms with Gasteiger partial charge in [-0.1, -0.05) is 32.9 Å². The molecule has 0 aliphatic carbocycles. The van der Waals surface area contributed by atoms with Gasteiger partial charge in [0.2, 0.25) is 11.8 Å². The first-order valence-corrected chi connectivity index (χ1v) is 8.36. The van der Waals surface area contributed by atoms with Gasteiger partial charge in [-0.25, -0.2) is 0 Å². The summed E-state index contributed by atoms with van der Waals surface area (Å²) in [4.78, 5) is 36.0. The first-order chi connectivity index (χ1) is 12.5. The van der Waals surface area contributed by atoms with Crippen molar-refractivity contribution in [1.29, 1.82) is 0 Å². The highest BCUT2D eigenvalue weighted by Gasteiger charge is 2.45. The highest BCUT2D eigenvalue weighted by Crippen LogP contribution is 2.23. The van der Waals surface area contributed by atoms with E-state index in [-0.39, 0.29) is 6.42 Å². The number of carbonyl (C=O) groups excluding carboxylic acids is 3. The van der Waals surface area contributed by atoms with E-state index in [2.05, 4.69) is 10.6 Å². The normalized spacial score (nSPS) is 13.6. The van der Waals surface area contributed by atoms with Gasteiger partial charge in [0.05, 0.1) is 13.2 Å². The highest BCUT2D eigenvalue weighted by atomic mass is 19.4. The number of hydrogen-bond acceptors (Lipinski definition) is 4. The van der Waals surface area contributed by atoms with E-state index in [0.717, 1.165) is 0 Å². The quantitative estimate of drug-likeness (QED) is 0.717. The van der Waals surface area contributed by atoms with Crippen molar-refractivity contribution in [2.45, 2.75) is 45.5 Å². The zero-order valence-electron chi connectivity index (χ0n) is 15.5. The van der Waals surface area contributed by atoms with E-state index in [0.29, 0.717) is 11.3 Å².